The Hall–Kier alpha value is -2.26. The molecule has 8 nitrogen and oxygen atoms in total. The molecule has 122 valence electrons. The van der Waals surface area contributed by atoms with Crippen molar-refractivity contribution in [3.63, 3.8) is 0 Å². The van der Waals surface area contributed by atoms with Gasteiger partial charge >= 0.3 is 5.97 Å². The number of hydrogen-bond donors (Lipinski definition) is 0. The van der Waals surface area contributed by atoms with Crippen molar-refractivity contribution in [3.05, 3.63) is 42.5 Å². The topological polar surface area (TPSA) is 94.4 Å². The molecule has 1 aliphatic rings. The number of benzene rings is 1. The molecule has 0 saturated carbocycles. The van der Waals surface area contributed by atoms with Gasteiger partial charge in [0.25, 0.3) is 0 Å². The molecular weight excluding hydrogens is 320 g/mol. The largest absolute Gasteiger partial charge is 0.465 e. The summed E-state index contributed by atoms with van der Waals surface area (Å²) in [7, 11) is -2.25. The molecule has 0 spiro atoms. The van der Waals surface area contributed by atoms with E-state index in [1.165, 1.54) is 42.0 Å². The Bertz CT molecular complexity index is 781. The monoisotopic (exact) mass is 336 g/mol. The SMILES string of the molecule is COC(=O)c1ccc(S(=O)(=O)N2CC(Cn3cncn3)C2)cc1. The van der Waals surface area contributed by atoms with E-state index in [9.17, 15) is 13.2 Å². The maximum Gasteiger partial charge on any atom is 0.337 e. The number of methoxy groups -OCH3 is 1. The molecule has 0 bridgehead atoms. The Morgan fingerprint density at radius 1 is 1.30 bits per heavy atom. The number of carbonyl (C=O) groups excluding carboxylic acids is 1. The Balaban J connectivity index is 1.65. The highest BCUT2D eigenvalue weighted by Gasteiger charge is 2.36. The van der Waals surface area contributed by atoms with Crippen LogP contribution in [0.1, 0.15) is 10.4 Å². The average Bonchev–Trinajstić information content (AvgIpc) is 3.02. The van der Waals surface area contributed by atoms with Crippen molar-refractivity contribution in [2.24, 2.45) is 5.92 Å². The van der Waals surface area contributed by atoms with E-state index in [2.05, 4.69) is 14.8 Å². The minimum absolute atomic E-state index is 0.171. The molecule has 0 N–H and O–H groups in total. The van der Waals surface area contributed by atoms with Crippen molar-refractivity contribution in [2.45, 2.75) is 11.4 Å². The number of rotatable bonds is 5. The Kier molecular flexibility index (Phi) is 4.14. The van der Waals surface area contributed by atoms with Gasteiger partial charge in [-0.3, -0.25) is 4.68 Å². The summed E-state index contributed by atoms with van der Waals surface area (Å²) in [5.41, 5.74) is 0.319. The molecule has 1 aromatic heterocycles. The second-order valence-corrected chi connectivity index (χ2v) is 7.26. The Morgan fingerprint density at radius 3 is 2.57 bits per heavy atom. The van der Waals surface area contributed by atoms with Crippen LogP contribution in [0.2, 0.25) is 0 Å². The average molecular weight is 336 g/mol. The van der Waals surface area contributed by atoms with Gasteiger partial charge in [-0.1, -0.05) is 0 Å². The van der Waals surface area contributed by atoms with Crippen LogP contribution >= 0.6 is 0 Å². The quantitative estimate of drug-likeness (QED) is 0.733. The molecule has 23 heavy (non-hydrogen) atoms. The van der Waals surface area contributed by atoms with Gasteiger partial charge in [-0.2, -0.15) is 9.40 Å². The molecule has 0 aliphatic carbocycles. The number of aromatic nitrogens is 3. The van der Waals surface area contributed by atoms with Crippen molar-refractivity contribution in [3.8, 4) is 0 Å². The van der Waals surface area contributed by atoms with Gasteiger partial charge in [-0.05, 0) is 24.3 Å². The number of esters is 1. The lowest BCUT2D eigenvalue weighted by Crippen LogP contribution is -2.51. The fraction of sp³-hybridized carbons (Fsp3) is 0.357. The highest BCUT2D eigenvalue weighted by Crippen LogP contribution is 2.26. The van der Waals surface area contributed by atoms with E-state index in [4.69, 9.17) is 0 Å². The number of nitrogens with zero attached hydrogens (tertiary/aromatic N) is 4. The summed E-state index contributed by atoms with van der Waals surface area (Å²) in [6.45, 7) is 1.54. The highest BCUT2D eigenvalue weighted by atomic mass is 32.2. The third-order valence-corrected chi connectivity index (χ3v) is 5.59. The van der Waals surface area contributed by atoms with Crippen LogP contribution in [0.5, 0.6) is 0 Å². The standard InChI is InChI=1S/C14H16N4O4S/c1-22-14(19)12-2-4-13(5-3-12)23(20,21)18-7-11(8-18)6-17-10-15-9-16-17/h2-5,9-11H,6-8H2,1H3. The fourth-order valence-electron chi connectivity index (χ4n) is 2.46. The summed E-state index contributed by atoms with van der Waals surface area (Å²) < 4.78 is 32.7. The fourth-order valence-corrected chi connectivity index (χ4v) is 4.05. The maximum atomic E-state index is 12.5. The van der Waals surface area contributed by atoms with Crippen LogP contribution < -0.4 is 0 Å². The minimum Gasteiger partial charge on any atom is -0.465 e. The van der Waals surface area contributed by atoms with Gasteiger partial charge in [0.05, 0.1) is 17.6 Å². The van der Waals surface area contributed by atoms with E-state index >= 15 is 0 Å². The van der Waals surface area contributed by atoms with E-state index in [1.54, 1.807) is 11.0 Å². The molecule has 1 aromatic carbocycles. The molecule has 9 heteroatoms. The normalized spacial score (nSPS) is 16.0. The molecule has 0 unspecified atom stereocenters. The lowest BCUT2D eigenvalue weighted by atomic mass is 10.0. The summed E-state index contributed by atoms with van der Waals surface area (Å²) in [5.74, 6) is -0.272. The first-order valence-electron chi connectivity index (χ1n) is 7.01. The van der Waals surface area contributed by atoms with Crippen LogP contribution in [0.15, 0.2) is 41.8 Å². The number of sulfonamides is 1. The van der Waals surface area contributed by atoms with Gasteiger partial charge in [-0.25, -0.2) is 18.2 Å². The molecule has 3 rings (SSSR count). The van der Waals surface area contributed by atoms with E-state index in [-0.39, 0.29) is 10.8 Å². The molecule has 2 heterocycles. The van der Waals surface area contributed by atoms with Crippen LogP contribution in [-0.4, -0.2) is 53.7 Å². The molecule has 1 aliphatic heterocycles. The first-order valence-corrected chi connectivity index (χ1v) is 8.45. The van der Waals surface area contributed by atoms with Gasteiger partial charge in [0, 0.05) is 25.6 Å². The van der Waals surface area contributed by atoms with Gasteiger partial charge in [0.1, 0.15) is 12.7 Å². The predicted octanol–water partition coefficient (Wildman–Crippen LogP) is 0.385. The summed E-state index contributed by atoms with van der Waals surface area (Å²) in [5, 5.41) is 4.01. The van der Waals surface area contributed by atoms with Crippen molar-refractivity contribution in [1.29, 1.82) is 0 Å². The molecule has 0 amide bonds. The first-order chi connectivity index (χ1) is 11.0. The third-order valence-electron chi connectivity index (χ3n) is 3.75. The van der Waals surface area contributed by atoms with Gasteiger partial charge in [-0.15, -0.1) is 0 Å². The van der Waals surface area contributed by atoms with Crippen molar-refractivity contribution >= 4 is 16.0 Å². The van der Waals surface area contributed by atoms with E-state index in [0.717, 1.165) is 0 Å². The zero-order valence-corrected chi connectivity index (χ0v) is 13.3. The number of hydrogen-bond acceptors (Lipinski definition) is 6. The zero-order chi connectivity index (χ0) is 16.4. The molecule has 1 saturated heterocycles. The number of ether oxygens (including phenoxy) is 1. The van der Waals surface area contributed by atoms with Crippen molar-refractivity contribution in [2.75, 3.05) is 20.2 Å². The van der Waals surface area contributed by atoms with Gasteiger partial charge in [0.15, 0.2) is 0 Å². The van der Waals surface area contributed by atoms with Crippen LogP contribution in [0, 0.1) is 5.92 Å². The highest BCUT2D eigenvalue weighted by molar-refractivity contribution is 7.89. The second kappa shape index (κ2) is 6.09. The Labute approximate surface area is 133 Å². The molecule has 0 atom stereocenters. The lowest BCUT2D eigenvalue weighted by molar-refractivity contribution is 0.0600. The third kappa shape index (κ3) is 3.10. The second-order valence-electron chi connectivity index (χ2n) is 5.32. The van der Waals surface area contributed by atoms with E-state index in [0.29, 0.717) is 25.2 Å². The predicted molar refractivity (Wildman–Crippen MR) is 80.1 cm³/mol. The lowest BCUT2D eigenvalue weighted by Gasteiger charge is -2.37. The molecule has 0 radical (unpaired) electrons. The number of carbonyl (C=O) groups is 1. The van der Waals surface area contributed by atoms with Gasteiger partial charge in [0.2, 0.25) is 10.0 Å². The summed E-state index contributed by atoms with van der Waals surface area (Å²) in [4.78, 5) is 15.4. The van der Waals surface area contributed by atoms with E-state index in [1.807, 2.05) is 0 Å². The van der Waals surface area contributed by atoms with Crippen LogP contribution in [0.3, 0.4) is 0 Å². The molecule has 2 aromatic rings. The van der Waals surface area contributed by atoms with Crippen LogP contribution in [-0.2, 0) is 21.3 Å². The Morgan fingerprint density at radius 2 is 2.00 bits per heavy atom. The van der Waals surface area contributed by atoms with Crippen LogP contribution in [0.4, 0.5) is 0 Å². The maximum absolute atomic E-state index is 12.5. The summed E-state index contributed by atoms with van der Waals surface area (Å²) >= 11 is 0. The van der Waals surface area contributed by atoms with Crippen molar-refractivity contribution in [1.82, 2.24) is 19.1 Å². The van der Waals surface area contributed by atoms with Crippen molar-refractivity contribution < 1.29 is 17.9 Å². The summed E-state index contributed by atoms with van der Waals surface area (Å²) in [6, 6.07) is 5.75. The van der Waals surface area contributed by atoms with Gasteiger partial charge < -0.3 is 4.74 Å². The molecular formula is C14H16N4O4S. The van der Waals surface area contributed by atoms with E-state index < -0.39 is 16.0 Å². The van der Waals surface area contributed by atoms with Crippen LogP contribution in [0.25, 0.3) is 0 Å². The molecule has 1 fully saturated rings. The smallest absolute Gasteiger partial charge is 0.337 e. The minimum atomic E-state index is -3.53. The first kappa shape index (κ1) is 15.6. The zero-order valence-electron chi connectivity index (χ0n) is 12.5. The summed E-state index contributed by atoms with van der Waals surface area (Å²) in [6.07, 6.45) is 3.07.